The Kier molecular flexibility index (Phi) is 5.15. The monoisotopic (exact) mass is 437 g/mol. The lowest BCUT2D eigenvalue weighted by Gasteiger charge is -2.27. The molecule has 0 unspecified atom stereocenters. The van der Waals surface area contributed by atoms with Gasteiger partial charge in [-0.15, -0.1) is 0 Å². The summed E-state index contributed by atoms with van der Waals surface area (Å²) in [6.07, 6.45) is 0. The van der Waals surface area contributed by atoms with Crippen molar-refractivity contribution in [2.45, 2.75) is 6.54 Å². The van der Waals surface area contributed by atoms with E-state index in [9.17, 15) is 15.3 Å². The van der Waals surface area contributed by atoms with E-state index in [0.29, 0.717) is 23.7 Å². The van der Waals surface area contributed by atoms with Crippen LogP contribution in [-0.4, -0.2) is 22.4 Å². The summed E-state index contributed by atoms with van der Waals surface area (Å²) in [7, 11) is 1.50. The maximum Gasteiger partial charge on any atom is 0.160 e. The van der Waals surface area contributed by atoms with Crippen LogP contribution in [0.25, 0.3) is 21.5 Å². The molecule has 0 aromatic heterocycles. The standard InChI is InChI=1S/C28H23NO4/c1-33-28-12-18(10-11-25(28)30)17-29(23-13-19-6-2-4-8-21(19)15-26(23)31)24-14-20-7-3-5-9-22(20)16-27(24)32/h2-16,30-32H,17H2,1H3. The second-order valence-electron chi connectivity index (χ2n) is 7.97. The van der Waals surface area contributed by atoms with Gasteiger partial charge >= 0.3 is 0 Å². The van der Waals surface area contributed by atoms with Gasteiger partial charge in [0.25, 0.3) is 0 Å². The predicted molar refractivity (Wildman–Crippen MR) is 132 cm³/mol. The first-order valence-electron chi connectivity index (χ1n) is 10.6. The number of fused-ring (bicyclic) bond motifs is 2. The molecule has 33 heavy (non-hydrogen) atoms. The van der Waals surface area contributed by atoms with Gasteiger partial charge in [-0.05, 0) is 63.5 Å². The number of anilines is 2. The summed E-state index contributed by atoms with van der Waals surface area (Å²) in [5.74, 6) is 0.617. The molecule has 0 saturated heterocycles. The quantitative estimate of drug-likeness (QED) is 0.294. The van der Waals surface area contributed by atoms with Gasteiger partial charge in [0.1, 0.15) is 11.5 Å². The fraction of sp³-hybridized carbons (Fsp3) is 0.0714. The number of aromatic hydroxyl groups is 3. The van der Waals surface area contributed by atoms with Gasteiger partial charge in [0.15, 0.2) is 11.5 Å². The first kappa shape index (κ1) is 20.5. The number of nitrogens with zero attached hydrogens (tertiary/aromatic N) is 1. The van der Waals surface area contributed by atoms with Crippen molar-refractivity contribution in [2.24, 2.45) is 0 Å². The van der Waals surface area contributed by atoms with Crippen LogP contribution >= 0.6 is 0 Å². The van der Waals surface area contributed by atoms with Gasteiger partial charge in [0.2, 0.25) is 0 Å². The second kappa shape index (κ2) is 8.28. The molecule has 0 amide bonds. The SMILES string of the molecule is COc1cc(CN(c2cc3ccccc3cc2O)c2cc3ccccc3cc2O)ccc1O. The van der Waals surface area contributed by atoms with E-state index in [1.807, 2.05) is 65.6 Å². The van der Waals surface area contributed by atoms with E-state index in [0.717, 1.165) is 27.1 Å². The zero-order chi connectivity index (χ0) is 22.9. The lowest BCUT2D eigenvalue weighted by molar-refractivity contribution is 0.373. The number of benzene rings is 5. The molecule has 164 valence electrons. The van der Waals surface area contributed by atoms with Crippen LogP contribution in [0.5, 0.6) is 23.0 Å². The summed E-state index contributed by atoms with van der Waals surface area (Å²) in [6, 6.07) is 28.0. The Morgan fingerprint density at radius 2 is 1.09 bits per heavy atom. The summed E-state index contributed by atoms with van der Waals surface area (Å²) in [5.41, 5.74) is 1.96. The Morgan fingerprint density at radius 3 is 1.58 bits per heavy atom. The fourth-order valence-corrected chi connectivity index (χ4v) is 4.17. The van der Waals surface area contributed by atoms with Crippen LogP contribution < -0.4 is 9.64 Å². The largest absolute Gasteiger partial charge is 0.506 e. The van der Waals surface area contributed by atoms with Crippen LogP contribution in [0.1, 0.15) is 5.56 Å². The van der Waals surface area contributed by atoms with Gasteiger partial charge < -0.3 is 25.0 Å². The summed E-state index contributed by atoms with van der Waals surface area (Å²) >= 11 is 0. The molecule has 0 aliphatic carbocycles. The van der Waals surface area contributed by atoms with Crippen molar-refractivity contribution in [3.05, 3.63) is 96.6 Å². The Bertz CT molecular complexity index is 1390. The smallest absolute Gasteiger partial charge is 0.160 e. The van der Waals surface area contributed by atoms with Gasteiger partial charge in [0, 0.05) is 6.54 Å². The predicted octanol–water partition coefficient (Wildman–Crippen LogP) is 6.46. The Hall–Kier alpha value is -4.38. The third kappa shape index (κ3) is 3.85. The van der Waals surface area contributed by atoms with E-state index < -0.39 is 0 Å². The highest BCUT2D eigenvalue weighted by Gasteiger charge is 2.20. The maximum atomic E-state index is 11.0. The zero-order valence-corrected chi connectivity index (χ0v) is 18.1. The Balaban J connectivity index is 1.71. The average molecular weight is 437 g/mol. The van der Waals surface area contributed by atoms with Crippen LogP contribution in [-0.2, 0) is 6.54 Å². The van der Waals surface area contributed by atoms with Gasteiger partial charge in [-0.3, -0.25) is 0 Å². The lowest BCUT2D eigenvalue weighted by atomic mass is 10.0. The van der Waals surface area contributed by atoms with Crippen LogP contribution in [0.15, 0.2) is 91.0 Å². The average Bonchev–Trinajstić information content (AvgIpc) is 2.83. The minimum absolute atomic E-state index is 0.0508. The number of hydrogen-bond donors (Lipinski definition) is 3. The summed E-state index contributed by atoms with van der Waals surface area (Å²) in [4.78, 5) is 1.87. The number of rotatable bonds is 5. The van der Waals surface area contributed by atoms with Crippen LogP contribution in [0.4, 0.5) is 11.4 Å². The molecule has 3 N–H and O–H groups in total. The highest BCUT2D eigenvalue weighted by atomic mass is 16.5. The van der Waals surface area contributed by atoms with Gasteiger partial charge in [0.05, 0.1) is 18.5 Å². The summed E-state index contributed by atoms with van der Waals surface area (Å²) in [5, 5.41) is 35.8. The second-order valence-corrected chi connectivity index (χ2v) is 7.97. The zero-order valence-electron chi connectivity index (χ0n) is 18.1. The number of hydrogen-bond acceptors (Lipinski definition) is 5. The van der Waals surface area contributed by atoms with Crippen molar-refractivity contribution >= 4 is 32.9 Å². The first-order chi connectivity index (χ1) is 16.0. The van der Waals surface area contributed by atoms with E-state index in [-0.39, 0.29) is 17.2 Å². The fourth-order valence-electron chi connectivity index (χ4n) is 4.17. The third-order valence-corrected chi connectivity index (χ3v) is 5.85. The van der Waals surface area contributed by atoms with Crippen molar-refractivity contribution in [2.75, 3.05) is 12.0 Å². The summed E-state index contributed by atoms with van der Waals surface area (Å²) in [6.45, 7) is 0.328. The van der Waals surface area contributed by atoms with E-state index in [1.165, 1.54) is 7.11 Å². The number of methoxy groups -OCH3 is 1. The molecule has 5 heteroatoms. The Labute approximate surface area is 191 Å². The van der Waals surface area contributed by atoms with Crippen molar-refractivity contribution < 1.29 is 20.1 Å². The normalized spacial score (nSPS) is 11.1. The van der Waals surface area contributed by atoms with E-state index in [4.69, 9.17) is 4.74 Å². The Morgan fingerprint density at radius 1 is 0.606 bits per heavy atom. The minimum atomic E-state index is 0.0508. The van der Waals surface area contributed by atoms with Crippen molar-refractivity contribution in [3.8, 4) is 23.0 Å². The molecule has 0 saturated carbocycles. The molecule has 5 rings (SSSR count). The number of phenols is 3. The summed E-state index contributed by atoms with van der Waals surface area (Å²) < 4.78 is 5.27. The van der Waals surface area contributed by atoms with E-state index in [2.05, 4.69) is 0 Å². The molecular formula is C28H23NO4. The topological polar surface area (TPSA) is 73.2 Å². The van der Waals surface area contributed by atoms with Crippen molar-refractivity contribution in [1.29, 1.82) is 0 Å². The van der Waals surface area contributed by atoms with E-state index in [1.54, 1.807) is 30.3 Å². The minimum Gasteiger partial charge on any atom is -0.506 e. The number of phenolic OH excluding ortho intramolecular Hbond substituents is 3. The molecule has 0 aliphatic rings. The first-order valence-corrected chi connectivity index (χ1v) is 10.6. The molecule has 0 atom stereocenters. The molecular weight excluding hydrogens is 414 g/mol. The van der Waals surface area contributed by atoms with Crippen LogP contribution in [0, 0.1) is 0 Å². The molecule has 0 radical (unpaired) electrons. The van der Waals surface area contributed by atoms with Gasteiger partial charge in [-0.1, -0.05) is 54.6 Å². The molecule has 0 heterocycles. The highest BCUT2D eigenvalue weighted by Crippen LogP contribution is 2.43. The van der Waals surface area contributed by atoms with Crippen molar-refractivity contribution in [3.63, 3.8) is 0 Å². The van der Waals surface area contributed by atoms with Gasteiger partial charge in [-0.25, -0.2) is 0 Å². The molecule has 0 fully saturated rings. The molecule has 5 nitrogen and oxygen atoms in total. The molecule has 0 bridgehead atoms. The third-order valence-electron chi connectivity index (χ3n) is 5.85. The molecule has 0 aliphatic heterocycles. The number of ether oxygens (including phenoxy) is 1. The van der Waals surface area contributed by atoms with Crippen LogP contribution in [0.3, 0.4) is 0 Å². The lowest BCUT2D eigenvalue weighted by Crippen LogP contribution is -2.17. The molecule has 0 spiro atoms. The maximum absolute atomic E-state index is 11.0. The van der Waals surface area contributed by atoms with Crippen molar-refractivity contribution in [1.82, 2.24) is 0 Å². The van der Waals surface area contributed by atoms with E-state index >= 15 is 0 Å². The van der Waals surface area contributed by atoms with Crippen LogP contribution in [0.2, 0.25) is 0 Å². The highest BCUT2D eigenvalue weighted by molar-refractivity contribution is 5.93. The molecule has 5 aromatic rings. The molecule has 5 aromatic carbocycles. The van der Waals surface area contributed by atoms with Gasteiger partial charge in [-0.2, -0.15) is 0 Å².